The van der Waals surface area contributed by atoms with Crippen molar-refractivity contribution in [3.63, 3.8) is 0 Å². The molecule has 1 fully saturated rings. The lowest BCUT2D eigenvalue weighted by Gasteiger charge is -2.33. The van der Waals surface area contributed by atoms with Crippen molar-refractivity contribution < 1.29 is 4.74 Å². The maximum absolute atomic E-state index is 6.00. The second kappa shape index (κ2) is 7.58. The highest BCUT2D eigenvalue weighted by Gasteiger charge is 2.24. The van der Waals surface area contributed by atoms with Crippen molar-refractivity contribution in [2.24, 2.45) is 0 Å². The highest BCUT2D eigenvalue weighted by Crippen LogP contribution is 2.26. The summed E-state index contributed by atoms with van der Waals surface area (Å²) >= 11 is 1.57. The Kier molecular flexibility index (Phi) is 5.00. The van der Waals surface area contributed by atoms with Gasteiger partial charge in [-0.05, 0) is 32.9 Å². The summed E-state index contributed by atoms with van der Waals surface area (Å²) in [6.45, 7) is 8.05. The van der Waals surface area contributed by atoms with E-state index in [9.17, 15) is 0 Å². The number of morpholine rings is 1. The average Bonchev–Trinajstić information content (AvgIpc) is 3.06. The summed E-state index contributed by atoms with van der Waals surface area (Å²) in [7, 11) is 0. The molecule has 1 aliphatic rings. The molecule has 8 heteroatoms. The lowest BCUT2D eigenvalue weighted by atomic mass is 10.2. The summed E-state index contributed by atoms with van der Waals surface area (Å²) in [6, 6.07) is 7.96. The minimum Gasteiger partial charge on any atom is -0.368 e. The van der Waals surface area contributed by atoms with Crippen molar-refractivity contribution >= 4 is 28.1 Å². The predicted molar refractivity (Wildman–Crippen MR) is 107 cm³/mol. The summed E-state index contributed by atoms with van der Waals surface area (Å²) in [4.78, 5) is 20.3. The largest absolute Gasteiger partial charge is 0.368 e. The van der Waals surface area contributed by atoms with Gasteiger partial charge in [-0.1, -0.05) is 6.07 Å². The van der Waals surface area contributed by atoms with E-state index < -0.39 is 0 Å². The molecule has 3 aromatic rings. The molecule has 0 unspecified atom stereocenters. The van der Waals surface area contributed by atoms with E-state index in [-0.39, 0.29) is 6.10 Å². The van der Waals surface area contributed by atoms with Crippen molar-refractivity contribution in [1.29, 1.82) is 0 Å². The Labute approximate surface area is 162 Å². The Bertz CT molecular complexity index is 923. The lowest BCUT2D eigenvalue weighted by molar-refractivity contribution is 0.0368. The van der Waals surface area contributed by atoms with Crippen LogP contribution in [-0.2, 0) is 4.74 Å². The molecule has 0 radical (unpaired) electrons. The molecule has 3 aromatic heterocycles. The second-order valence-corrected chi connectivity index (χ2v) is 7.45. The Hall–Kier alpha value is -2.58. The highest BCUT2D eigenvalue weighted by atomic mass is 32.1. The van der Waals surface area contributed by atoms with Gasteiger partial charge in [0, 0.05) is 23.7 Å². The molecule has 0 amide bonds. The third-order valence-corrected chi connectivity index (χ3v) is 5.17. The Morgan fingerprint density at radius 3 is 2.78 bits per heavy atom. The quantitative estimate of drug-likeness (QED) is 0.739. The van der Waals surface area contributed by atoms with Gasteiger partial charge >= 0.3 is 0 Å². The van der Waals surface area contributed by atoms with Crippen molar-refractivity contribution in [3.8, 4) is 0 Å². The summed E-state index contributed by atoms with van der Waals surface area (Å²) in [5.74, 6) is 2.51. The van der Waals surface area contributed by atoms with Crippen LogP contribution in [0.3, 0.4) is 0 Å². The molecular weight excluding hydrogens is 360 g/mol. The molecule has 0 bridgehead atoms. The Morgan fingerprint density at radius 1 is 1.11 bits per heavy atom. The van der Waals surface area contributed by atoms with Gasteiger partial charge in [0.05, 0.1) is 24.5 Å². The monoisotopic (exact) mass is 382 g/mol. The molecule has 1 N–H and O–H groups in total. The molecular formula is C19H22N6OS. The first-order valence-electron chi connectivity index (χ1n) is 8.92. The number of anilines is 3. The Morgan fingerprint density at radius 2 is 2.00 bits per heavy atom. The fraction of sp³-hybridized carbons (Fsp3) is 0.368. The maximum Gasteiger partial charge on any atom is 0.188 e. The van der Waals surface area contributed by atoms with Gasteiger partial charge < -0.3 is 15.0 Å². The fourth-order valence-corrected chi connectivity index (χ4v) is 3.81. The molecule has 140 valence electrons. The zero-order valence-corrected chi connectivity index (χ0v) is 16.5. The maximum atomic E-state index is 6.00. The number of aryl methyl sites for hydroxylation is 3. The zero-order chi connectivity index (χ0) is 18.8. The first kappa shape index (κ1) is 17.8. The molecule has 27 heavy (non-hydrogen) atoms. The Balaban J connectivity index is 1.51. The second-order valence-electron chi connectivity index (χ2n) is 6.59. The molecule has 1 aliphatic heterocycles. The SMILES string of the molecule is Cc1cc(N2CCO[C@@H](c3cccc(Nc4nc(C)cs4)n3)C2)nc(C)n1. The van der Waals surface area contributed by atoms with Gasteiger partial charge in [-0.2, -0.15) is 0 Å². The number of hydrogen-bond acceptors (Lipinski definition) is 8. The van der Waals surface area contributed by atoms with Crippen molar-refractivity contribution in [3.05, 3.63) is 52.6 Å². The van der Waals surface area contributed by atoms with E-state index in [0.29, 0.717) is 13.2 Å². The topological polar surface area (TPSA) is 76.1 Å². The summed E-state index contributed by atoms with van der Waals surface area (Å²) in [5, 5.41) is 6.13. The number of ether oxygens (including phenoxy) is 1. The van der Waals surface area contributed by atoms with Crippen LogP contribution < -0.4 is 10.2 Å². The van der Waals surface area contributed by atoms with Crippen LogP contribution in [0.25, 0.3) is 0 Å². The number of aromatic nitrogens is 4. The third-order valence-electron chi connectivity index (χ3n) is 4.30. The van der Waals surface area contributed by atoms with E-state index in [1.807, 2.05) is 50.4 Å². The van der Waals surface area contributed by atoms with Crippen LogP contribution in [0.2, 0.25) is 0 Å². The van der Waals surface area contributed by atoms with Crippen LogP contribution in [0, 0.1) is 20.8 Å². The summed E-state index contributed by atoms with van der Waals surface area (Å²) in [5.41, 5.74) is 2.88. The van der Waals surface area contributed by atoms with Crippen LogP contribution in [-0.4, -0.2) is 39.6 Å². The third kappa shape index (κ3) is 4.23. The predicted octanol–water partition coefficient (Wildman–Crippen LogP) is 3.57. The van der Waals surface area contributed by atoms with Crippen molar-refractivity contribution in [2.45, 2.75) is 26.9 Å². The molecule has 0 aromatic carbocycles. The van der Waals surface area contributed by atoms with Gasteiger partial charge in [0.2, 0.25) is 0 Å². The molecule has 4 heterocycles. The molecule has 4 rings (SSSR count). The highest BCUT2D eigenvalue weighted by molar-refractivity contribution is 7.13. The molecule has 1 atom stereocenters. The smallest absolute Gasteiger partial charge is 0.188 e. The van der Waals surface area contributed by atoms with Crippen LogP contribution in [0.4, 0.5) is 16.8 Å². The van der Waals surface area contributed by atoms with E-state index in [2.05, 4.69) is 25.2 Å². The number of nitrogens with one attached hydrogen (secondary N) is 1. The van der Waals surface area contributed by atoms with Crippen LogP contribution >= 0.6 is 11.3 Å². The van der Waals surface area contributed by atoms with E-state index in [1.54, 1.807) is 11.3 Å². The van der Waals surface area contributed by atoms with E-state index in [1.165, 1.54) is 0 Å². The average molecular weight is 382 g/mol. The van der Waals surface area contributed by atoms with Gasteiger partial charge in [-0.3, -0.25) is 0 Å². The summed E-state index contributed by atoms with van der Waals surface area (Å²) in [6.07, 6.45) is -0.103. The van der Waals surface area contributed by atoms with Gasteiger partial charge in [0.15, 0.2) is 5.13 Å². The van der Waals surface area contributed by atoms with Crippen LogP contribution in [0.1, 0.15) is 29.0 Å². The number of thiazole rings is 1. The number of rotatable bonds is 4. The zero-order valence-electron chi connectivity index (χ0n) is 15.6. The van der Waals surface area contributed by atoms with Gasteiger partial charge in [-0.15, -0.1) is 11.3 Å². The van der Waals surface area contributed by atoms with Crippen molar-refractivity contribution in [1.82, 2.24) is 19.9 Å². The molecule has 0 spiro atoms. The first-order chi connectivity index (χ1) is 13.1. The van der Waals surface area contributed by atoms with E-state index >= 15 is 0 Å². The number of nitrogens with zero attached hydrogens (tertiary/aromatic N) is 5. The minimum absolute atomic E-state index is 0.103. The normalized spacial score (nSPS) is 17.1. The number of pyridine rings is 1. The van der Waals surface area contributed by atoms with Crippen LogP contribution in [0.15, 0.2) is 29.6 Å². The molecule has 0 saturated carbocycles. The standard InChI is InChI=1S/C19H22N6OS/c1-12-9-18(22-14(3)20-12)25-7-8-26-16(10-25)15-5-4-6-17(23-15)24-19-21-13(2)11-27-19/h4-6,9,11,16H,7-8,10H2,1-3H3,(H,21,23,24)/t16-/m1/s1. The van der Waals surface area contributed by atoms with Gasteiger partial charge in [0.1, 0.15) is 23.6 Å². The van der Waals surface area contributed by atoms with Gasteiger partial charge in [-0.25, -0.2) is 19.9 Å². The first-order valence-corrected chi connectivity index (χ1v) is 9.80. The van der Waals surface area contributed by atoms with Gasteiger partial charge in [0.25, 0.3) is 0 Å². The summed E-state index contributed by atoms with van der Waals surface area (Å²) < 4.78 is 6.00. The molecule has 0 aliphatic carbocycles. The molecule has 1 saturated heterocycles. The molecule has 7 nitrogen and oxygen atoms in total. The van der Waals surface area contributed by atoms with Crippen molar-refractivity contribution in [2.75, 3.05) is 29.9 Å². The van der Waals surface area contributed by atoms with E-state index in [4.69, 9.17) is 9.72 Å². The van der Waals surface area contributed by atoms with E-state index in [0.717, 1.165) is 46.2 Å². The number of hydrogen-bond donors (Lipinski definition) is 1. The minimum atomic E-state index is -0.103. The lowest BCUT2D eigenvalue weighted by Crippen LogP contribution is -2.39. The fourth-order valence-electron chi connectivity index (χ4n) is 3.12. The van der Waals surface area contributed by atoms with Crippen LogP contribution in [0.5, 0.6) is 0 Å².